The number of anilines is 2. The molecule has 0 unspecified atom stereocenters. The second-order valence-electron chi connectivity index (χ2n) is 7.42. The predicted octanol–water partition coefficient (Wildman–Crippen LogP) is 3.66. The maximum Gasteiger partial charge on any atom is 0.227 e. The summed E-state index contributed by atoms with van der Waals surface area (Å²) < 4.78 is 0. The average molecular weight is 411 g/mol. The van der Waals surface area contributed by atoms with Crippen LogP contribution in [-0.4, -0.2) is 20.3 Å². The summed E-state index contributed by atoms with van der Waals surface area (Å²) in [6.07, 6.45) is 0.454. The molecule has 0 bridgehead atoms. The van der Waals surface area contributed by atoms with Crippen molar-refractivity contribution in [3.63, 3.8) is 0 Å². The summed E-state index contributed by atoms with van der Waals surface area (Å²) in [5.41, 5.74) is 16.7. The lowest BCUT2D eigenvalue weighted by atomic mass is 9.97. The largest absolute Gasteiger partial charge is 0.399 e. The van der Waals surface area contributed by atoms with Crippen LogP contribution in [0.4, 0.5) is 11.4 Å². The molecule has 4 nitrogen and oxygen atoms in total. The van der Waals surface area contributed by atoms with Gasteiger partial charge in [0.2, 0.25) is 5.91 Å². The van der Waals surface area contributed by atoms with Crippen molar-refractivity contribution in [3.05, 3.63) is 84.4 Å². The smallest absolute Gasteiger partial charge is 0.227 e. The molecule has 2 radical (unpaired) electrons. The fourth-order valence-corrected chi connectivity index (χ4v) is 4.59. The van der Waals surface area contributed by atoms with Crippen LogP contribution in [-0.2, 0) is 4.79 Å². The van der Waals surface area contributed by atoms with Gasteiger partial charge in [-0.15, -0.1) is 0 Å². The molecule has 0 spiro atoms. The number of benzene rings is 3. The van der Waals surface area contributed by atoms with Crippen molar-refractivity contribution in [2.45, 2.75) is 22.1 Å². The molecular weight excluding hydrogens is 389 g/mol. The van der Waals surface area contributed by atoms with Crippen LogP contribution in [0.1, 0.15) is 23.5 Å². The van der Waals surface area contributed by atoms with Gasteiger partial charge in [0.25, 0.3) is 0 Å². The molecule has 1 atom stereocenters. The van der Waals surface area contributed by atoms with Crippen LogP contribution in [0.25, 0.3) is 5.70 Å². The Morgan fingerprint density at radius 3 is 2.63 bits per heavy atom. The molecule has 0 aliphatic carbocycles. The second kappa shape index (κ2) is 8.32. The van der Waals surface area contributed by atoms with E-state index in [1.807, 2.05) is 65.6 Å². The number of hydrogen-bond donors (Lipinski definition) is 2. The summed E-state index contributed by atoms with van der Waals surface area (Å²) >= 11 is 1.54. The Balaban J connectivity index is 1.58. The number of carbonyl (C=O) groups excluding carboxylic acids is 1. The highest BCUT2D eigenvalue weighted by Crippen LogP contribution is 2.37. The number of nitrogen functional groups attached to an aromatic ring is 1. The van der Waals surface area contributed by atoms with E-state index in [2.05, 4.69) is 12.6 Å². The first-order valence-electron chi connectivity index (χ1n) is 9.69. The van der Waals surface area contributed by atoms with Crippen molar-refractivity contribution in [1.29, 1.82) is 0 Å². The van der Waals surface area contributed by atoms with Crippen LogP contribution in [0.3, 0.4) is 0 Å². The molecular formula is C24H22BN3OS. The maximum absolute atomic E-state index is 12.8. The summed E-state index contributed by atoms with van der Waals surface area (Å²) in [6, 6.07) is 21.3. The topological polar surface area (TPSA) is 72.3 Å². The Morgan fingerprint density at radius 2 is 1.87 bits per heavy atom. The quantitative estimate of drug-likeness (QED) is 0.497. The summed E-state index contributed by atoms with van der Waals surface area (Å²) in [6.45, 7) is 4.40. The normalized spacial score (nSPS) is 16.1. The van der Waals surface area contributed by atoms with E-state index >= 15 is 0 Å². The molecule has 1 fully saturated rings. The highest BCUT2D eigenvalue weighted by atomic mass is 32.2. The molecule has 148 valence electrons. The highest BCUT2D eigenvalue weighted by Gasteiger charge is 2.32. The number of carbonyl (C=O) groups is 1. The second-order valence-corrected chi connectivity index (χ2v) is 8.50. The lowest BCUT2D eigenvalue weighted by Crippen LogP contribution is -2.24. The Bertz CT molecular complexity index is 1130. The Morgan fingerprint density at radius 1 is 1.07 bits per heavy atom. The van der Waals surface area contributed by atoms with E-state index in [4.69, 9.17) is 19.3 Å². The van der Waals surface area contributed by atoms with Gasteiger partial charge < -0.3 is 16.4 Å². The molecule has 6 heteroatoms. The van der Waals surface area contributed by atoms with Crippen LogP contribution in [0.2, 0.25) is 0 Å². The van der Waals surface area contributed by atoms with Crippen LogP contribution >= 0.6 is 11.8 Å². The van der Waals surface area contributed by atoms with Gasteiger partial charge in [0.1, 0.15) is 7.85 Å². The van der Waals surface area contributed by atoms with Gasteiger partial charge in [0, 0.05) is 45.7 Å². The van der Waals surface area contributed by atoms with Gasteiger partial charge in [0.05, 0.1) is 0 Å². The third-order valence-electron chi connectivity index (χ3n) is 5.30. The van der Waals surface area contributed by atoms with Gasteiger partial charge in [-0.1, -0.05) is 60.2 Å². The van der Waals surface area contributed by atoms with E-state index in [0.717, 1.165) is 32.1 Å². The number of amides is 1. The number of nitrogens with two attached hydrogens (primary N) is 2. The van der Waals surface area contributed by atoms with Crippen LogP contribution in [0.5, 0.6) is 0 Å². The van der Waals surface area contributed by atoms with Crippen LogP contribution in [0.15, 0.2) is 83.1 Å². The average Bonchev–Trinajstić information content (AvgIpc) is 3.13. The SMILES string of the molecule is [B]c1ccccc1Sc1cc([C@H]2CC(=O)N(c3cccc(C(=C)N)c3)C2)ccc1N. The Hall–Kier alpha value is -3.12. The van der Waals surface area contributed by atoms with Gasteiger partial charge in [-0.2, -0.15) is 0 Å². The van der Waals surface area contributed by atoms with E-state index in [0.29, 0.717) is 24.4 Å². The third kappa shape index (κ3) is 4.09. The van der Waals surface area contributed by atoms with Crippen molar-refractivity contribution >= 4 is 48.0 Å². The molecule has 1 aliphatic heterocycles. The molecule has 1 heterocycles. The zero-order chi connectivity index (χ0) is 21.3. The number of nitrogens with zero attached hydrogens (tertiary/aromatic N) is 1. The summed E-state index contributed by atoms with van der Waals surface area (Å²) in [5, 5.41) is 0. The fourth-order valence-electron chi connectivity index (χ4n) is 3.64. The first kappa shape index (κ1) is 20.2. The molecule has 30 heavy (non-hydrogen) atoms. The lowest BCUT2D eigenvalue weighted by Gasteiger charge is -2.18. The zero-order valence-corrected chi connectivity index (χ0v) is 17.4. The van der Waals surface area contributed by atoms with Crippen molar-refractivity contribution in [2.75, 3.05) is 17.2 Å². The molecule has 3 aromatic rings. The molecule has 1 saturated heterocycles. The molecule has 4 rings (SSSR count). The number of hydrogen-bond acceptors (Lipinski definition) is 4. The summed E-state index contributed by atoms with van der Waals surface area (Å²) in [7, 11) is 6.08. The first-order chi connectivity index (χ1) is 14.4. The van der Waals surface area contributed by atoms with E-state index in [1.54, 1.807) is 11.8 Å². The van der Waals surface area contributed by atoms with E-state index in [1.165, 1.54) is 0 Å². The molecule has 3 aromatic carbocycles. The first-order valence-corrected chi connectivity index (χ1v) is 10.5. The van der Waals surface area contributed by atoms with E-state index in [-0.39, 0.29) is 11.8 Å². The minimum absolute atomic E-state index is 0.0929. The predicted molar refractivity (Wildman–Crippen MR) is 126 cm³/mol. The van der Waals surface area contributed by atoms with E-state index in [9.17, 15) is 4.79 Å². The van der Waals surface area contributed by atoms with Gasteiger partial charge in [-0.3, -0.25) is 4.79 Å². The molecule has 1 amide bonds. The van der Waals surface area contributed by atoms with Crippen LogP contribution < -0.4 is 21.8 Å². The van der Waals surface area contributed by atoms with Crippen molar-refractivity contribution in [2.24, 2.45) is 5.73 Å². The van der Waals surface area contributed by atoms with Crippen molar-refractivity contribution < 1.29 is 4.79 Å². The van der Waals surface area contributed by atoms with Gasteiger partial charge >= 0.3 is 0 Å². The summed E-state index contributed by atoms with van der Waals surface area (Å²) in [5.74, 6) is 0.188. The fraction of sp³-hybridized carbons (Fsp3) is 0.125. The standard InChI is InChI=1S/C24H22BN3OS/c1-15(26)16-5-4-6-19(11-16)28-14-18(13-24(28)29)17-9-10-21(27)23(12-17)30-22-8-3-2-7-20(22)25/h2-12,18H,1,13-14,26-27H2/t18-/m0/s1. The zero-order valence-electron chi connectivity index (χ0n) is 16.5. The van der Waals surface area contributed by atoms with Crippen molar-refractivity contribution in [3.8, 4) is 0 Å². The van der Waals surface area contributed by atoms with Crippen LogP contribution in [0, 0.1) is 0 Å². The maximum atomic E-state index is 12.8. The van der Waals surface area contributed by atoms with Gasteiger partial charge in [-0.25, -0.2) is 0 Å². The summed E-state index contributed by atoms with van der Waals surface area (Å²) in [4.78, 5) is 16.5. The Kier molecular flexibility index (Phi) is 5.60. The molecule has 0 aromatic heterocycles. The molecule has 0 saturated carbocycles. The minimum atomic E-state index is 0.0929. The highest BCUT2D eigenvalue weighted by molar-refractivity contribution is 7.99. The molecule has 1 aliphatic rings. The minimum Gasteiger partial charge on any atom is -0.399 e. The van der Waals surface area contributed by atoms with Crippen molar-refractivity contribution in [1.82, 2.24) is 0 Å². The number of rotatable bonds is 5. The van der Waals surface area contributed by atoms with Gasteiger partial charge in [0.15, 0.2) is 0 Å². The monoisotopic (exact) mass is 411 g/mol. The lowest BCUT2D eigenvalue weighted by molar-refractivity contribution is -0.117. The third-order valence-corrected chi connectivity index (χ3v) is 6.47. The Labute approximate surface area is 182 Å². The van der Waals surface area contributed by atoms with E-state index < -0.39 is 0 Å². The van der Waals surface area contributed by atoms with Gasteiger partial charge in [-0.05, 0) is 41.5 Å². The molecule has 4 N–H and O–H groups in total.